The Labute approximate surface area is 121 Å². The molecule has 1 aromatic heterocycles. The van der Waals surface area contributed by atoms with Crippen LogP contribution in [0.5, 0.6) is 5.75 Å². The van der Waals surface area contributed by atoms with Crippen molar-refractivity contribution in [2.45, 2.75) is 26.1 Å². The Morgan fingerprint density at radius 3 is 2.65 bits per heavy atom. The molecule has 0 saturated heterocycles. The van der Waals surface area contributed by atoms with Gasteiger partial charge in [-0.2, -0.15) is 5.10 Å². The highest BCUT2D eigenvalue weighted by Crippen LogP contribution is 2.28. The second-order valence-electron chi connectivity index (χ2n) is 5.64. The summed E-state index contributed by atoms with van der Waals surface area (Å²) in [7, 11) is 0.317. The number of aromatic nitrogens is 2. The fourth-order valence-electron chi connectivity index (χ4n) is 1.82. The molecule has 5 heteroatoms. The Bertz CT molecular complexity index is 599. The number of aliphatic imine (C=N–C) groups is 1. The Kier molecular flexibility index (Phi) is 4.39. The Morgan fingerprint density at radius 1 is 1.25 bits per heavy atom. The molecule has 4 nitrogen and oxygen atoms in total. The molecule has 106 valence electrons. The largest absolute Gasteiger partial charge is 0.543 e. The van der Waals surface area contributed by atoms with Crippen LogP contribution in [0.2, 0.25) is 19.6 Å². The van der Waals surface area contributed by atoms with E-state index in [2.05, 4.69) is 29.7 Å². The molecule has 0 aliphatic carbocycles. The first-order valence-electron chi connectivity index (χ1n) is 6.73. The van der Waals surface area contributed by atoms with Crippen molar-refractivity contribution in [1.29, 1.82) is 0 Å². The minimum Gasteiger partial charge on any atom is -0.543 e. The van der Waals surface area contributed by atoms with Crippen LogP contribution in [0.3, 0.4) is 0 Å². The average Bonchev–Trinajstić information content (AvgIpc) is 2.75. The smallest absolute Gasteiger partial charge is 0.242 e. The van der Waals surface area contributed by atoms with Gasteiger partial charge in [0.1, 0.15) is 11.4 Å². The summed E-state index contributed by atoms with van der Waals surface area (Å²) in [6.07, 6.45) is 4.46. The van der Waals surface area contributed by atoms with Crippen molar-refractivity contribution >= 4 is 20.2 Å². The van der Waals surface area contributed by atoms with Gasteiger partial charge in [0.2, 0.25) is 8.32 Å². The van der Waals surface area contributed by atoms with Crippen molar-refractivity contribution in [3.8, 4) is 5.75 Å². The van der Waals surface area contributed by atoms with Gasteiger partial charge in [0.25, 0.3) is 0 Å². The number of benzene rings is 1. The second kappa shape index (κ2) is 6.05. The van der Waals surface area contributed by atoms with Crippen LogP contribution in [-0.4, -0.2) is 24.3 Å². The van der Waals surface area contributed by atoms with Gasteiger partial charge in [0, 0.05) is 31.6 Å². The van der Waals surface area contributed by atoms with E-state index in [1.165, 1.54) is 0 Å². The molecule has 0 atom stereocenters. The van der Waals surface area contributed by atoms with E-state index < -0.39 is 8.32 Å². The van der Waals surface area contributed by atoms with E-state index in [9.17, 15) is 0 Å². The maximum absolute atomic E-state index is 6.05. The minimum atomic E-state index is -1.62. The summed E-state index contributed by atoms with van der Waals surface area (Å²) in [6.45, 7) is 6.51. The summed E-state index contributed by atoms with van der Waals surface area (Å²) in [5, 5.41) is 4.14. The zero-order valence-electron chi connectivity index (χ0n) is 12.5. The summed E-state index contributed by atoms with van der Waals surface area (Å²) in [5.41, 5.74) is 2.02. The maximum atomic E-state index is 6.05. The lowest BCUT2D eigenvalue weighted by molar-refractivity contribution is 0.559. The van der Waals surface area contributed by atoms with Gasteiger partial charge in [0.05, 0.1) is 0 Å². The van der Waals surface area contributed by atoms with Gasteiger partial charge in [-0.3, -0.25) is 9.67 Å². The zero-order chi connectivity index (χ0) is 14.6. The lowest BCUT2D eigenvalue weighted by atomic mass is 10.3. The molecule has 0 aliphatic rings. The van der Waals surface area contributed by atoms with Crippen molar-refractivity contribution in [3.05, 3.63) is 42.2 Å². The van der Waals surface area contributed by atoms with Gasteiger partial charge in [-0.1, -0.05) is 12.1 Å². The van der Waals surface area contributed by atoms with Crippen molar-refractivity contribution < 1.29 is 4.43 Å². The van der Waals surface area contributed by atoms with Crippen molar-refractivity contribution in [3.63, 3.8) is 0 Å². The van der Waals surface area contributed by atoms with Gasteiger partial charge in [-0.15, -0.1) is 0 Å². The molecular weight excluding hydrogens is 266 g/mol. The lowest BCUT2D eigenvalue weighted by Gasteiger charge is -2.20. The van der Waals surface area contributed by atoms with Crippen LogP contribution in [0.25, 0.3) is 0 Å². The Hall–Kier alpha value is -1.88. The van der Waals surface area contributed by atoms with Crippen molar-refractivity contribution in [2.24, 2.45) is 12.0 Å². The minimum absolute atomic E-state index is 0.762. The predicted octanol–water partition coefficient (Wildman–Crippen LogP) is 3.58. The normalized spacial score (nSPS) is 12.0. The third-order valence-corrected chi connectivity index (χ3v) is 3.57. The van der Waals surface area contributed by atoms with E-state index in [4.69, 9.17) is 4.43 Å². The van der Waals surface area contributed by atoms with Crippen molar-refractivity contribution in [1.82, 2.24) is 9.78 Å². The second-order valence-corrected chi connectivity index (χ2v) is 10.1. The number of nitrogens with zero attached hydrogens (tertiary/aromatic N) is 3. The fourth-order valence-corrected chi connectivity index (χ4v) is 2.65. The molecule has 0 spiro atoms. The van der Waals surface area contributed by atoms with Crippen LogP contribution < -0.4 is 4.43 Å². The van der Waals surface area contributed by atoms with E-state index >= 15 is 0 Å². The van der Waals surface area contributed by atoms with Crippen molar-refractivity contribution in [2.75, 3.05) is 0 Å². The molecule has 0 N–H and O–H groups in total. The maximum Gasteiger partial charge on any atom is 0.242 e. The molecule has 1 aromatic carbocycles. The van der Waals surface area contributed by atoms with Gasteiger partial charge >= 0.3 is 0 Å². The summed E-state index contributed by atoms with van der Waals surface area (Å²) in [5.74, 6) is 0.868. The molecule has 0 amide bonds. The molecule has 20 heavy (non-hydrogen) atoms. The number of aryl methyl sites for hydroxylation is 1. The highest BCUT2D eigenvalue weighted by molar-refractivity contribution is 6.70. The molecule has 0 unspecified atom stereocenters. The number of hydrogen-bond donors (Lipinski definition) is 0. The van der Waals surface area contributed by atoms with Crippen LogP contribution in [0.15, 0.2) is 41.5 Å². The van der Waals surface area contributed by atoms with Gasteiger partial charge in [0.15, 0.2) is 0 Å². The topological polar surface area (TPSA) is 39.4 Å². The molecule has 0 radical (unpaired) electrons. The quantitative estimate of drug-likeness (QED) is 0.623. The molecule has 1 heterocycles. The molecule has 2 aromatic rings. The average molecular weight is 287 g/mol. The van der Waals surface area contributed by atoms with Gasteiger partial charge in [-0.05, 0) is 37.8 Å². The highest BCUT2D eigenvalue weighted by Gasteiger charge is 2.17. The van der Waals surface area contributed by atoms with E-state index in [-0.39, 0.29) is 0 Å². The molecule has 0 bridgehead atoms. The third-order valence-electron chi connectivity index (χ3n) is 2.73. The van der Waals surface area contributed by atoms with E-state index in [1.807, 2.05) is 48.3 Å². The first-order chi connectivity index (χ1) is 9.46. The standard InChI is InChI=1S/C15H21N3OSi/c1-18-13(10-12-17-18)9-11-16-14-7-5-6-8-15(14)19-20(2,3)4/h5-8,10-12H,9H2,1-4H3. The molecule has 0 saturated carbocycles. The SMILES string of the molecule is Cn1nccc1CC=Nc1ccccc1O[Si](C)(C)C. The summed E-state index contributed by atoms with van der Waals surface area (Å²) in [4.78, 5) is 4.54. The molecule has 0 aliphatic heterocycles. The van der Waals surface area contributed by atoms with Crippen LogP contribution in [0.4, 0.5) is 5.69 Å². The number of para-hydroxylation sites is 2. The highest BCUT2D eigenvalue weighted by atomic mass is 28.4. The molecule has 0 fully saturated rings. The predicted molar refractivity (Wildman–Crippen MR) is 85.5 cm³/mol. The monoisotopic (exact) mass is 287 g/mol. The van der Waals surface area contributed by atoms with Gasteiger partial charge in [-0.25, -0.2) is 0 Å². The number of rotatable bonds is 5. The van der Waals surface area contributed by atoms with Gasteiger partial charge < -0.3 is 4.43 Å². The summed E-state index contributed by atoms with van der Waals surface area (Å²) in [6, 6.07) is 9.92. The number of hydrogen-bond acceptors (Lipinski definition) is 3. The van der Waals surface area contributed by atoms with E-state index in [0.717, 1.165) is 23.6 Å². The van der Waals surface area contributed by atoms with E-state index in [1.54, 1.807) is 6.20 Å². The van der Waals surface area contributed by atoms with E-state index in [0.29, 0.717) is 0 Å². The van der Waals surface area contributed by atoms with Crippen LogP contribution in [-0.2, 0) is 13.5 Å². The zero-order valence-corrected chi connectivity index (χ0v) is 13.5. The van der Waals surface area contributed by atoms with Crippen LogP contribution >= 0.6 is 0 Å². The molecular formula is C15H21N3OSi. The Balaban J connectivity index is 2.11. The molecule has 2 rings (SSSR count). The Morgan fingerprint density at radius 2 is 2.00 bits per heavy atom. The first kappa shape index (κ1) is 14.5. The van der Waals surface area contributed by atoms with Crippen LogP contribution in [0, 0.1) is 0 Å². The first-order valence-corrected chi connectivity index (χ1v) is 10.1. The third kappa shape index (κ3) is 4.06. The summed E-state index contributed by atoms with van der Waals surface area (Å²) >= 11 is 0. The van der Waals surface area contributed by atoms with Crippen LogP contribution in [0.1, 0.15) is 5.69 Å². The lowest BCUT2D eigenvalue weighted by Crippen LogP contribution is -2.29. The summed E-state index contributed by atoms with van der Waals surface area (Å²) < 4.78 is 7.91. The fraction of sp³-hybridized carbons (Fsp3) is 0.333.